The monoisotopic (exact) mass is 395 g/mol. The molecule has 0 aliphatic heterocycles. The van der Waals surface area contributed by atoms with Gasteiger partial charge in [-0.1, -0.05) is 18.2 Å². The standard InChI is InChI=1S/C18H16F3N3O2S/c19-18(20,21)26-13-7-5-12(6-8-13)24-17(22)23-10-14(25)16-9-11-3-1-2-4-15(11)27-16/h1-9,14,25H,10H2,(H3,22,23,24). The van der Waals surface area contributed by atoms with Crippen molar-refractivity contribution in [1.29, 1.82) is 0 Å². The van der Waals surface area contributed by atoms with E-state index in [-0.39, 0.29) is 18.3 Å². The zero-order valence-corrected chi connectivity index (χ0v) is 14.7. The number of guanidine groups is 1. The maximum Gasteiger partial charge on any atom is 0.573 e. The van der Waals surface area contributed by atoms with Crippen LogP contribution in [0.2, 0.25) is 0 Å². The summed E-state index contributed by atoms with van der Waals surface area (Å²) in [6.07, 6.45) is -5.54. The van der Waals surface area contributed by atoms with Gasteiger partial charge in [-0.15, -0.1) is 24.5 Å². The molecule has 0 spiro atoms. The summed E-state index contributed by atoms with van der Waals surface area (Å²) < 4.78 is 41.3. The molecule has 0 saturated carbocycles. The molecule has 3 aromatic rings. The first-order chi connectivity index (χ1) is 12.8. The molecule has 9 heteroatoms. The molecule has 0 aliphatic carbocycles. The molecule has 1 atom stereocenters. The summed E-state index contributed by atoms with van der Waals surface area (Å²) in [5.74, 6) is -0.289. The lowest BCUT2D eigenvalue weighted by Crippen LogP contribution is -2.23. The SMILES string of the molecule is NC(=NCC(O)c1cc2ccccc2s1)Nc1ccc(OC(F)(F)F)cc1. The van der Waals surface area contributed by atoms with Crippen molar-refractivity contribution < 1.29 is 23.0 Å². The van der Waals surface area contributed by atoms with Crippen molar-refractivity contribution >= 4 is 33.1 Å². The molecule has 27 heavy (non-hydrogen) atoms. The first-order valence-electron chi connectivity index (χ1n) is 7.89. The maximum atomic E-state index is 12.1. The largest absolute Gasteiger partial charge is 0.573 e. The van der Waals surface area contributed by atoms with Gasteiger partial charge >= 0.3 is 6.36 Å². The third kappa shape index (κ3) is 5.35. The lowest BCUT2D eigenvalue weighted by molar-refractivity contribution is -0.274. The number of hydrogen-bond donors (Lipinski definition) is 3. The molecular weight excluding hydrogens is 379 g/mol. The number of nitrogens with two attached hydrogens (primary N) is 1. The number of nitrogens with one attached hydrogen (secondary N) is 1. The lowest BCUT2D eigenvalue weighted by Gasteiger charge is -2.10. The van der Waals surface area contributed by atoms with Gasteiger partial charge in [0.15, 0.2) is 5.96 Å². The number of anilines is 1. The number of aliphatic imine (C=N–C) groups is 1. The Balaban J connectivity index is 1.58. The molecule has 0 saturated heterocycles. The third-order valence-corrected chi connectivity index (χ3v) is 4.79. The minimum Gasteiger partial charge on any atom is -0.406 e. The van der Waals surface area contributed by atoms with Crippen LogP contribution in [0.3, 0.4) is 0 Å². The Bertz CT molecular complexity index is 906. The molecule has 1 heterocycles. The highest BCUT2D eigenvalue weighted by molar-refractivity contribution is 7.19. The van der Waals surface area contributed by atoms with Gasteiger partial charge in [0.25, 0.3) is 0 Å². The second-order valence-electron chi connectivity index (χ2n) is 5.63. The molecule has 0 aliphatic rings. The highest BCUT2D eigenvalue weighted by Crippen LogP contribution is 2.30. The van der Waals surface area contributed by atoms with E-state index in [1.807, 2.05) is 30.3 Å². The molecule has 5 nitrogen and oxygen atoms in total. The summed E-state index contributed by atoms with van der Waals surface area (Å²) >= 11 is 1.48. The van der Waals surface area contributed by atoms with Gasteiger partial charge in [-0.05, 0) is 41.8 Å². The highest BCUT2D eigenvalue weighted by Gasteiger charge is 2.30. The minimum absolute atomic E-state index is 0.0413. The number of thiophene rings is 1. The fourth-order valence-electron chi connectivity index (χ4n) is 2.37. The van der Waals surface area contributed by atoms with Gasteiger partial charge in [0, 0.05) is 15.3 Å². The van der Waals surface area contributed by atoms with Crippen LogP contribution >= 0.6 is 11.3 Å². The fourth-order valence-corrected chi connectivity index (χ4v) is 3.41. The molecule has 142 valence electrons. The Morgan fingerprint density at radius 1 is 1.19 bits per heavy atom. The average molecular weight is 395 g/mol. The molecule has 0 radical (unpaired) electrons. The quantitative estimate of drug-likeness (QED) is 0.445. The number of aliphatic hydroxyl groups excluding tert-OH is 1. The van der Waals surface area contributed by atoms with E-state index in [9.17, 15) is 18.3 Å². The smallest absolute Gasteiger partial charge is 0.406 e. The van der Waals surface area contributed by atoms with Crippen LogP contribution in [-0.4, -0.2) is 24.0 Å². The Morgan fingerprint density at radius 3 is 2.56 bits per heavy atom. The maximum absolute atomic E-state index is 12.1. The van der Waals surface area contributed by atoms with Gasteiger partial charge in [0.2, 0.25) is 0 Å². The van der Waals surface area contributed by atoms with Gasteiger partial charge in [0.1, 0.15) is 11.9 Å². The van der Waals surface area contributed by atoms with Crippen molar-refractivity contribution in [3.63, 3.8) is 0 Å². The molecule has 0 amide bonds. The van der Waals surface area contributed by atoms with E-state index < -0.39 is 12.5 Å². The van der Waals surface area contributed by atoms with Gasteiger partial charge in [-0.25, -0.2) is 0 Å². The van der Waals surface area contributed by atoms with Crippen LogP contribution < -0.4 is 15.8 Å². The Kier molecular flexibility index (Phi) is 5.52. The number of halogens is 3. The molecule has 3 rings (SSSR count). The Morgan fingerprint density at radius 2 is 1.89 bits per heavy atom. The van der Waals surface area contributed by atoms with Crippen LogP contribution in [-0.2, 0) is 0 Å². The van der Waals surface area contributed by atoms with Crippen molar-refractivity contribution in [3.8, 4) is 5.75 Å². The molecule has 4 N–H and O–H groups in total. The molecule has 0 bridgehead atoms. The van der Waals surface area contributed by atoms with E-state index in [4.69, 9.17) is 5.73 Å². The van der Waals surface area contributed by atoms with Crippen LogP contribution in [0, 0.1) is 0 Å². The number of ether oxygens (including phenoxy) is 1. The summed E-state index contributed by atoms with van der Waals surface area (Å²) in [4.78, 5) is 4.86. The number of benzene rings is 2. The van der Waals surface area contributed by atoms with Crippen LogP contribution in [0.5, 0.6) is 5.75 Å². The summed E-state index contributed by atoms with van der Waals surface area (Å²) in [5, 5.41) is 14.1. The van der Waals surface area contributed by atoms with E-state index >= 15 is 0 Å². The highest BCUT2D eigenvalue weighted by atomic mass is 32.1. The predicted molar refractivity (Wildman–Crippen MR) is 100 cm³/mol. The van der Waals surface area contributed by atoms with Crippen LogP contribution in [0.15, 0.2) is 59.6 Å². The first kappa shape index (κ1) is 19.0. The zero-order valence-electron chi connectivity index (χ0n) is 13.9. The number of alkyl halides is 3. The van der Waals surface area contributed by atoms with Crippen LogP contribution in [0.25, 0.3) is 10.1 Å². The normalized spacial score (nSPS) is 13.6. The van der Waals surface area contributed by atoms with Gasteiger partial charge < -0.3 is 20.9 Å². The zero-order chi connectivity index (χ0) is 19.4. The van der Waals surface area contributed by atoms with Crippen molar-refractivity contribution in [1.82, 2.24) is 0 Å². The second-order valence-corrected chi connectivity index (χ2v) is 6.74. The van der Waals surface area contributed by atoms with Crippen LogP contribution in [0.1, 0.15) is 11.0 Å². The van der Waals surface area contributed by atoms with E-state index in [1.165, 1.54) is 23.5 Å². The van der Waals surface area contributed by atoms with Crippen molar-refractivity contribution in [3.05, 3.63) is 59.5 Å². The number of fused-ring (bicyclic) bond motifs is 1. The van der Waals surface area contributed by atoms with Crippen LogP contribution in [0.4, 0.5) is 18.9 Å². The number of nitrogens with zero attached hydrogens (tertiary/aromatic N) is 1. The second kappa shape index (κ2) is 7.85. The Hall–Kier alpha value is -2.78. The topological polar surface area (TPSA) is 79.9 Å². The fraction of sp³-hybridized carbons (Fsp3) is 0.167. The number of rotatable bonds is 5. The summed E-state index contributed by atoms with van der Waals surface area (Å²) in [7, 11) is 0. The molecule has 1 aromatic heterocycles. The number of hydrogen-bond acceptors (Lipinski definition) is 4. The van der Waals surface area contributed by atoms with Gasteiger partial charge in [-0.2, -0.15) is 0 Å². The Labute approximate surface area is 156 Å². The molecular formula is C18H16F3N3O2S. The average Bonchev–Trinajstić information content (AvgIpc) is 3.04. The summed E-state index contributed by atoms with van der Waals surface area (Å²) in [5.41, 5.74) is 6.21. The third-order valence-electron chi connectivity index (χ3n) is 3.57. The minimum atomic E-state index is -4.74. The van der Waals surface area contributed by atoms with E-state index in [2.05, 4.69) is 15.0 Å². The number of aliphatic hydroxyl groups is 1. The molecule has 2 aromatic carbocycles. The van der Waals surface area contributed by atoms with Gasteiger partial charge in [0.05, 0.1) is 6.54 Å². The van der Waals surface area contributed by atoms with E-state index in [1.54, 1.807) is 0 Å². The summed E-state index contributed by atoms with van der Waals surface area (Å²) in [6, 6.07) is 14.8. The van der Waals surface area contributed by atoms with Crippen molar-refractivity contribution in [2.75, 3.05) is 11.9 Å². The molecule has 0 fully saturated rings. The van der Waals surface area contributed by atoms with Gasteiger partial charge in [-0.3, -0.25) is 4.99 Å². The van der Waals surface area contributed by atoms with Crippen molar-refractivity contribution in [2.24, 2.45) is 10.7 Å². The molecule has 1 unspecified atom stereocenters. The lowest BCUT2D eigenvalue weighted by atomic mass is 10.2. The van der Waals surface area contributed by atoms with Crippen molar-refractivity contribution in [2.45, 2.75) is 12.5 Å². The van der Waals surface area contributed by atoms with E-state index in [0.29, 0.717) is 5.69 Å². The first-order valence-corrected chi connectivity index (χ1v) is 8.71. The summed E-state index contributed by atoms with van der Waals surface area (Å²) in [6.45, 7) is 0.0565. The van der Waals surface area contributed by atoms with E-state index in [0.717, 1.165) is 27.1 Å². The predicted octanol–water partition coefficient (Wildman–Crippen LogP) is 4.26.